The molecule has 3 N–H and O–H groups in total. The summed E-state index contributed by atoms with van der Waals surface area (Å²) < 4.78 is 24.8. The van der Waals surface area contributed by atoms with Crippen LogP contribution in [0.25, 0.3) is 0 Å². The maximum Gasteiger partial charge on any atom is 0.229 e. The summed E-state index contributed by atoms with van der Waals surface area (Å²) in [5, 5.41) is 0. The highest BCUT2D eigenvalue weighted by molar-refractivity contribution is 7.92. The number of rotatable bonds is 2. The highest BCUT2D eigenvalue weighted by Crippen LogP contribution is 2.28. The first-order chi connectivity index (χ1) is 13.3. The zero-order chi connectivity index (χ0) is 20.3. The molecule has 0 bridgehead atoms. The van der Waals surface area contributed by atoms with E-state index in [1.165, 1.54) is 0 Å². The molecule has 28 heavy (non-hydrogen) atoms. The van der Waals surface area contributed by atoms with Gasteiger partial charge in [-0.15, -0.1) is 0 Å². The molecule has 2 aromatic carbocycles. The third kappa shape index (κ3) is 4.59. The smallest absolute Gasteiger partial charge is 0.229 e. The van der Waals surface area contributed by atoms with Crippen LogP contribution in [0.5, 0.6) is 0 Å². The fourth-order valence-electron chi connectivity index (χ4n) is 3.68. The van der Waals surface area contributed by atoms with E-state index in [2.05, 4.69) is 4.72 Å². The molecule has 0 heterocycles. The molecule has 0 spiro atoms. The Bertz CT molecular complexity index is 1030. The van der Waals surface area contributed by atoms with Gasteiger partial charge in [-0.2, -0.15) is 0 Å². The van der Waals surface area contributed by atoms with Crippen LogP contribution < -0.4 is 10.5 Å². The van der Waals surface area contributed by atoms with E-state index in [-0.39, 0.29) is 11.6 Å². The second kappa shape index (κ2) is 8.14. The highest BCUT2D eigenvalue weighted by Gasteiger charge is 2.20. The van der Waals surface area contributed by atoms with Crippen LogP contribution in [0.15, 0.2) is 36.4 Å². The van der Waals surface area contributed by atoms with Gasteiger partial charge in [0.05, 0.1) is 11.9 Å². The summed E-state index contributed by atoms with van der Waals surface area (Å²) in [6, 6.07) is 10.7. The number of carbonyl (C=O) groups excluding carboxylic acids is 2. The molecule has 0 aliphatic heterocycles. The number of anilines is 2. The van der Waals surface area contributed by atoms with E-state index in [9.17, 15) is 18.0 Å². The van der Waals surface area contributed by atoms with Crippen LogP contribution in [0.2, 0.25) is 0 Å². The predicted octanol–water partition coefficient (Wildman–Crippen LogP) is 3.36. The first kappa shape index (κ1) is 20.1. The minimum atomic E-state index is -3.29. The molecular formula is C21H24N2O4S. The second-order valence-corrected chi connectivity index (χ2v) is 8.88. The lowest BCUT2D eigenvalue weighted by Gasteiger charge is -2.18. The van der Waals surface area contributed by atoms with Gasteiger partial charge in [0.1, 0.15) is 0 Å². The number of fused-ring (bicyclic) bond motifs is 2. The average Bonchev–Trinajstić information content (AvgIpc) is 2.63. The number of Topliss-reactive ketones (excluding diaryl/α,β-unsaturated/α-hetero) is 2. The van der Waals surface area contributed by atoms with Gasteiger partial charge in [0.25, 0.3) is 0 Å². The van der Waals surface area contributed by atoms with E-state index >= 15 is 0 Å². The molecule has 0 fully saturated rings. The van der Waals surface area contributed by atoms with E-state index in [4.69, 9.17) is 5.73 Å². The fourth-order valence-corrected chi connectivity index (χ4v) is 4.27. The van der Waals surface area contributed by atoms with Gasteiger partial charge < -0.3 is 5.73 Å². The molecule has 0 saturated heterocycles. The number of hydrogen-bond donors (Lipinski definition) is 2. The average molecular weight is 401 g/mol. The molecule has 4 rings (SSSR count). The molecule has 0 radical (unpaired) electrons. The van der Waals surface area contributed by atoms with Gasteiger partial charge in [-0.25, -0.2) is 8.42 Å². The van der Waals surface area contributed by atoms with E-state index in [0.29, 0.717) is 24.1 Å². The minimum Gasteiger partial charge on any atom is -0.398 e. The van der Waals surface area contributed by atoms with Gasteiger partial charge >= 0.3 is 0 Å². The first-order valence-electron chi connectivity index (χ1n) is 9.29. The lowest BCUT2D eigenvalue weighted by atomic mass is 9.90. The van der Waals surface area contributed by atoms with Gasteiger partial charge in [-0.05, 0) is 48.9 Å². The van der Waals surface area contributed by atoms with Crippen molar-refractivity contribution in [2.75, 3.05) is 16.7 Å². The minimum absolute atomic E-state index is 0.0957. The topological polar surface area (TPSA) is 106 Å². The second-order valence-electron chi connectivity index (χ2n) is 7.13. The quantitative estimate of drug-likeness (QED) is 0.752. The molecule has 6 nitrogen and oxygen atoms in total. The van der Waals surface area contributed by atoms with Crippen molar-refractivity contribution in [1.29, 1.82) is 0 Å². The van der Waals surface area contributed by atoms with Gasteiger partial charge in [0, 0.05) is 29.7 Å². The number of carbonyl (C=O) groups is 2. The van der Waals surface area contributed by atoms with Gasteiger partial charge in [0.15, 0.2) is 11.6 Å². The number of sulfonamides is 1. The van der Waals surface area contributed by atoms with Gasteiger partial charge in [0.2, 0.25) is 10.0 Å². The van der Waals surface area contributed by atoms with Crippen molar-refractivity contribution < 1.29 is 18.0 Å². The zero-order valence-corrected chi connectivity index (χ0v) is 16.6. The SMILES string of the molecule is CS(=O)(=O)Nc1cccc2c1CCCC2=O.Nc1cccc2c1CCCC2=O. The van der Waals surface area contributed by atoms with Crippen LogP contribution in [0.1, 0.15) is 57.5 Å². The van der Waals surface area contributed by atoms with Crippen molar-refractivity contribution in [3.8, 4) is 0 Å². The van der Waals surface area contributed by atoms with Gasteiger partial charge in [-0.1, -0.05) is 24.3 Å². The van der Waals surface area contributed by atoms with E-state index in [1.54, 1.807) is 18.2 Å². The Balaban J connectivity index is 0.000000167. The van der Waals surface area contributed by atoms with Crippen molar-refractivity contribution >= 4 is 33.0 Å². The van der Waals surface area contributed by atoms with Crippen molar-refractivity contribution in [3.63, 3.8) is 0 Å². The maximum absolute atomic E-state index is 11.6. The van der Waals surface area contributed by atoms with E-state index < -0.39 is 10.0 Å². The van der Waals surface area contributed by atoms with Crippen LogP contribution in [0.4, 0.5) is 11.4 Å². The Labute approximate surface area is 165 Å². The monoisotopic (exact) mass is 400 g/mol. The van der Waals surface area contributed by atoms with Crippen molar-refractivity contribution in [2.24, 2.45) is 0 Å². The summed E-state index contributed by atoms with van der Waals surface area (Å²) in [7, 11) is -3.29. The van der Waals surface area contributed by atoms with Crippen LogP contribution in [0.3, 0.4) is 0 Å². The molecule has 7 heteroatoms. The molecule has 148 valence electrons. The fraction of sp³-hybridized carbons (Fsp3) is 0.333. The highest BCUT2D eigenvalue weighted by atomic mass is 32.2. The molecule has 0 saturated carbocycles. The summed E-state index contributed by atoms with van der Waals surface area (Å²) in [6.07, 6.45) is 5.77. The lowest BCUT2D eigenvalue weighted by Crippen LogP contribution is -2.16. The molecule has 0 aromatic heterocycles. The molecule has 2 aliphatic carbocycles. The Kier molecular flexibility index (Phi) is 5.84. The van der Waals surface area contributed by atoms with Crippen LogP contribution in [-0.2, 0) is 22.9 Å². The Morgan fingerprint density at radius 1 is 0.821 bits per heavy atom. The molecule has 2 aromatic rings. The van der Waals surface area contributed by atoms with Crippen LogP contribution in [-0.4, -0.2) is 26.2 Å². The first-order valence-corrected chi connectivity index (χ1v) is 11.2. The zero-order valence-electron chi connectivity index (χ0n) is 15.8. The summed E-state index contributed by atoms with van der Waals surface area (Å²) in [4.78, 5) is 23.0. The van der Waals surface area contributed by atoms with Crippen molar-refractivity contribution in [1.82, 2.24) is 0 Å². The predicted molar refractivity (Wildman–Crippen MR) is 110 cm³/mol. The standard InChI is InChI=1S/C11H13NO3S.C10H11NO/c1-16(14,15)12-10-6-2-5-9-8(10)4-3-7-11(9)13;11-9-5-1-4-8-7(9)3-2-6-10(8)12/h2,5-6,12H,3-4,7H2,1H3;1,4-5H,2-3,6,11H2. The Morgan fingerprint density at radius 2 is 1.36 bits per heavy atom. The number of benzene rings is 2. The number of nitrogen functional groups attached to an aromatic ring is 1. The summed E-state index contributed by atoms with van der Waals surface area (Å²) in [5.74, 6) is 0.335. The Morgan fingerprint density at radius 3 is 1.93 bits per heavy atom. The normalized spacial score (nSPS) is 15.8. The summed E-state index contributed by atoms with van der Waals surface area (Å²) in [6.45, 7) is 0. The van der Waals surface area contributed by atoms with Crippen LogP contribution >= 0.6 is 0 Å². The van der Waals surface area contributed by atoms with E-state index in [0.717, 1.165) is 54.3 Å². The molecule has 0 atom stereocenters. The largest absolute Gasteiger partial charge is 0.398 e. The lowest BCUT2D eigenvalue weighted by molar-refractivity contribution is 0.0964. The number of nitrogens with two attached hydrogens (primary N) is 1. The number of nitrogens with one attached hydrogen (secondary N) is 1. The van der Waals surface area contributed by atoms with Gasteiger partial charge in [-0.3, -0.25) is 14.3 Å². The third-order valence-corrected chi connectivity index (χ3v) is 5.54. The maximum atomic E-state index is 11.6. The Hall–Kier alpha value is -2.67. The third-order valence-electron chi connectivity index (χ3n) is 4.95. The number of hydrogen-bond acceptors (Lipinski definition) is 5. The molecular weight excluding hydrogens is 376 g/mol. The van der Waals surface area contributed by atoms with Crippen molar-refractivity contribution in [3.05, 3.63) is 58.7 Å². The molecule has 2 aliphatic rings. The van der Waals surface area contributed by atoms with E-state index in [1.807, 2.05) is 18.2 Å². The molecule has 0 unspecified atom stereocenters. The molecule has 0 amide bonds. The van der Waals surface area contributed by atoms with Crippen molar-refractivity contribution in [2.45, 2.75) is 38.5 Å². The summed E-state index contributed by atoms with van der Waals surface area (Å²) in [5.41, 5.74) is 10.4. The number of ketones is 2. The van der Waals surface area contributed by atoms with Crippen LogP contribution in [0, 0.1) is 0 Å². The summed E-state index contributed by atoms with van der Waals surface area (Å²) >= 11 is 0.